The quantitative estimate of drug-likeness (QED) is 0.527. The summed E-state index contributed by atoms with van der Waals surface area (Å²) < 4.78 is 2.10. The molecular formula is C17H15ClN2O. The van der Waals surface area contributed by atoms with Crippen LogP contribution in [0.15, 0.2) is 52.8 Å². The van der Waals surface area contributed by atoms with Gasteiger partial charge in [-0.05, 0) is 38.1 Å². The molecule has 1 aromatic rings. The van der Waals surface area contributed by atoms with Crippen LogP contribution in [0.25, 0.3) is 22.4 Å². The lowest BCUT2D eigenvalue weighted by Crippen LogP contribution is -2.15. The molecule has 0 saturated carbocycles. The average Bonchev–Trinajstić information content (AvgIpc) is 2.48. The number of benzene rings is 2. The normalized spacial score (nSPS) is 11.0. The van der Waals surface area contributed by atoms with E-state index < -0.39 is 0 Å². The van der Waals surface area contributed by atoms with Crippen LogP contribution in [0.3, 0.4) is 0 Å². The van der Waals surface area contributed by atoms with Gasteiger partial charge in [0, 0.05) is 6.54 Å². The molecule has 0 radical (unpaired) electrons. The Morgan fingerprint density at radius 3 is 2.76 bits per heavy atom. The van der Waals surface area contributed by atoms with E-state index in [1.165, 1.54) is 5.57 Å². The van der Waals surface area contributed by atoms with E-state index in [1.807, 2.05) is 30.3 Å². The Labute approximate surface area is 127 Å². The summed E-state index contributed by atoms with van der Waals surface area (Å²) >= 11 is 5.95. The third kappa shape index (κ3) is 2.45. The van der Waals surface area contributed by atoms with Gasteiger partial charge in [0.2, 0.25) is 5.43 Å². The standard InChI is InChI=1S/C17H15ClN2O/c1-11(2)9-10-20-14-6-4-3-5-13(14)19-16-15(20)8-7-12(18)17(16)21/h3-9H,10H2,1-2H3. The lowest BCUT2D eigenvalue weighted by Gasteiger charge is -2.17. The summed E-state index contributed by atoms with van der Waals surface area (Å²) in [5.74, 6) is 0. The number of nitrogens with zero attached hydrogens (tertiary/aromatic N) is 2. The minimum atomic E-state index is -0.217. The van der Waals surface area contributed by atoms with Crippen molar-refractivity contribution in [3.8, 4) is 11.4 Å². The van der Waals surface area contributed by atoms with Crippen molar-refractivity contribution in [3.05, 3.63) is 63.3 Å². The van der Waals surface area contributed by atoms with Crippen LogP contribution >= 0.6 is 11.6 Å². The molecule has 0 atom stereocenters. The molecule has 4 heteroatoms. The van der Waals surface area contributed by atoms with Gasteiger partial charge in [-0.15, -0.1) is 0 Å². The first kappa shape index (κ1) is 13.8. The number of hydrogen-bond donors (Lipinski definition) is 0. The van der Waals surface area contributed by atoms with Crippen molar-refractivity contribution in [2.24, 2.45) is 0 Å². The molecule has 3 nitrogen and oxygen atoms in total. The molecule has 106 valence electrons. The SMILES string of the molecule is CC(C)=CCn1c2ccc(Cl)c(=O)c-2nc2ccccc21. The monoisotopic (exact) mass is 298 g/mol. The van der Waals surface area contributed by atoms with Gasteiger partial charge in [0.05, 0.1) is 21.7 Å². The molecule has 0 fully saturated rings. The number of fused-ring (bicyclic) bond motifs is 2. The van der Waals surface area contributed by atoms with Crippen molar-refractivity contribution in [2.75, 3.05) is 0 Å². The van der Waals surface area contributed by atoms with E-state index in [9.17, 15) is 4.79 Å². The van der Waals surface area contributed by atoms with Gasteiger partial charge in [-0.3, -0.25) is 4.79 Å². The first-order valence-electron chi connectivity index (χ1n) is 6.79. The third-order valence-corrected chi connectivity index (χ3v) is 3.74. The molecule has 2 aliphatic rings. The smallest absolute Gasteiger partial charge is 0.224 e. The minimum Gasteiger partial charge on any atom is -0.334 e. The van der Waals surface area contributed by atoms with Crippen molar-refractivity contribution >= 4 is 22.6 Å². The maximum Gasteiger partial charge on any atom is 0.224 e. The molecule has 0 amide bonds. The van der Waals surface area contributed by atoms with Crippen molar-refractivity contribution in [1.29, 1.82) is 0 Å². The predicted molar refractivity (Wildman–Crippen MR) is 87.1 cm³/mol. The van der Waals surface area contributed by atoms with Gasteiger partial charge in [-0.25, -0.2) is 4.98 Å². The third-order valence-electron chi connectivity index (χ3n) is 3.44. The number of hydrogen-bond acceptors (Lipinski definition) is 2. The maximum atomic E-state index is 12.2. The summed E-state index contributed by atoms with van der Waals surface area (Å²) in [5, 5.41) is 0.207. The summed E-state index contributed by atoms with van der Waals surface area (Å²) in [7, 11) is 0. The molecule has 0 bridgehead atoms. The Hall–Kier alpha value is -2.13. The first-order valence-corrected chi connectivity index (χ1v) is 7.17. The van der Waals surface area contributed by atoms with E-state index in [0.717, 1.165) is 16.7 Å². The van der Waals surface area contributed by atoms with E-state index in [2.05, 4.69) is 29.5 Å². The van der Waals surface area contributed by atoms with E-state index in [-0.39, 0.29) is 10.5 Å². The van der Waals surface area contributed by atoms with Crippen LogP contribution < -0.4 is 5.43 Å². The number of para-hydroxylation sites is 2. The first-order chi connectivity index (χ1) is 10.1. The number of aromatic nitrogens is 2. The average molecular weight is 299 g/mol. The summed E-state index contributed by atoms with van der Waals surface area (Å²) in [6.07, 6.45) is 2.13. The predicted octanol–water partition coefficient (Wildman–Crippen LogP) is 4.12. The van der Waals surface area contributed by atoms with Gasteiger partial charge in [0.25, 0.3) is 0 Å². The molecule has 0 aromatic heterocycles. The molecule has 0 N–H and O–H groups in total. The molecule has 1 heterocycles. The van der Waals surface area contributed by atoms with E-state index in [1.54, 1.807) is 6.07 Å². The Kier molecular flexibility index (Phi) is 3.52. The van der Waals surface area contributed by atoms with Gasteiger partial charge < -0.3 is 4.57 Å². The topological polar surface area (TPSA) is 34.9 Å². The highest BCUT2D eigenvalue weighted by atomic mass is 35.5. The Balaban J connectivity index is 2.41. The van der Waals surface area contributed by atoms with Crippen LogP contribution in [0.4, 0.5) is 0 Å². The summed E-state index contributed by atoms with van der Waals surface area (Å²) in [5.41, 5.74) is 4.04. The maximum absolute atomic E-state index is 12.2. The second-order valence-electron chi connectivity index (χ2n) is 5.24. The van der Waals surface area contributed by atoms with Crippen LogP contribution in [-0.2, 0) is 6.54 Å². The lowest BCUT2D eigenvalue weighted by atomic mass is 10.1. The number of rotatable bonds is 2. The highest BCUT2D eigenvalue weighted by Crippen LogP contribution is 2.24. The van der Waals surface area contributed by atoms with Crippen LogP contribution in [0.1, 0.15) is 13.8 Å². The molecule has 0 unspecified atom stereocenters. The summed E-state index contributed by atoms with van der Waals surface area (Å²) in [4.78, 5) is 16.7. The van der Waals surface area contributed by atoms with E-state index >= 15 is 0 Å². The van der Waals surface area contributed by atoms with Crippen molar-refractivity contribution in [1.82, 2.24) is 9.55 Å². The minimum absolute atomic E-state index is 0.207. The zero-order chi connectivity index (χ0) is 15.0. The fourth-order valence-electron chi connectivity index (χ4n) is 2.37. The number of allylic oxidation sites excluding steroid dienone is 2. The molecular weight excluding hydrogens is 284 g/mol. The zero-order valence-electron chi connectivity index (χ0n) is 11.9. The second-order valence-corrected chi connectivity index (χ2v) is 5.64. The highest BCUT2D eigenvalue weighted by molar-refractivity contribution is 6.30. The number of halogens is 1. The van der Waals surface area contributed by atoms with Crippen LogP contribution in [0.5, 0.6) is 0 Å². The van der Waals surface area contributed by atoms with Gasteiger partial charge in [-0.1, -0.05) is 35.4 Å². The Bertz CT molecular complexity index is 876. The van der Waals surface area contributed by atoms with Crippen molar-refractivity contribution in [3.63, 3.8) is 0 Å². The molecule has 0 saturated heterocycles. The van der Waals surface area contributed by atoms with Crippen molar-refractivity contribution in [2.45, 2.75) is 20.4 Å². The van der Waals surface area contributed by atoms with Crippen LogP contribution in [-0.4, -0.2) is 9.55 Å². The fourth-order valence-corrected chi connectivity index (χ4v) is 2.52. The Morgan fingerprint density at radius 1 is 1.24 bits per heavy atom. The van der Waals surface area contributed by atoms with Gasteiger partial charge in [0.1, 0.15) is 5.69 Å². The van der Waals surface area contributed by atoms with Crippen LogP contribution in [0, 0.1) is 0 Å². The zero-order valence-corrected chi connectivity index (χ0v) is 12.7. The van der Waals surface area contributed by atoms with Gasteiger partial charge >= 0.3 is 0 Å². The Morgan fingerprint density at radius 2 is 2.00 bits per heavy atom. The van der Waals surface area contributed by atoms with Gasteiger partial charge in [-0.2, -0.15) is 0 Å². The van der Waals surface area contributed by atoms with Gasteiger partial charge in [0.15, 0.2) is 0 Å². The highest BCUT2D eigenvalue weighted by Gasteiger charge is 2.16. The summed E-state index contributed by atoms with van der Waals surface area (Å²) in [6.45, 7) is 4.81. The molecule has 1 aliphatic carbocycles. The van der Waals surface area contributed by atoms with E-state index in [4.69, 9.17) is 11.6 Å². The molecule has 21 heavy (non-hydrogen) atoms. The lowest BCUT2D eigenvalue weighted by molar-refractivity contribution is 0.844. The largest absolute Gasteiger partial charge is 0.334 e. The second kappa shape index (κ2) is 5.34. The molecule has 3 rings (SSSR count). The van der Waals surface area contributed by atoms with E-state index in [0.29, 0.717) is 12.2 Å². The van der Waals surface area contributed by atoms with Crippen LogP contribution in [0.2, 0.25) is 5.02 Å². The molecule has 0 spiro atoms. The van der Waals surface area contributed by atoms with Crippen molar-refractivity contribution < 1.29 is 0 Å². The molecule has 1 aromatic carbocycles. The fraction of sp³-hybridized carbons (Fsp3) is 0.176. The molecule has 1 aliphatic heterocycles. The summed E-state index contributed by atoms with van der Waals surface area (Å²) in [6, 6.07) is 11.3.